The monoisotopic (exact) mass is 321 g/mol. The molecule has 0 amide bonds. The van der Waals surface area contributed by atoms with Gasteiger partial charge in [0.1, 0.15) is 11.8 Å². The topological polar surface area (TPSA) is 32.7 Å². The second-order valence-electron chi connectivity index (χ2n) is 9.30. The molecule has 2 aliphatic heterocycles. The fourth-order valence-corrected chi connectivity index (χ4v) is 5.48. The van der Waals surface area contributed by atoms with Crippen LogP contribution < -0.4 is 0 Å². The van der Waals surface area contributed by atoms with Crippen LogP contribution in [0, 0.1) is 23.7 Å². The van der Waals surface area contributed by atoms with Gasteiger partial charge in [-0.2, -0.15) is 0 Å². The molecule has 23 heavy (non-hydrogen) atoms. The lowest BCUT2D eigenvalue weighted by Gasteiger charge is -2.57. The standard InChI is InChI=1S/C20H35NO2/c1-12(2)16-11-21-18(20(16,22)13(3)4)23-17-10-14(5)8-9-15(17)19(21,6)7/h13-18,22H,1,8-11H2,2-7H3/t14-,15-,16+,17-,18+,20-/m1/s1. The number of fused-ring (bicyclic) bond motifs is 2. The Hall–Kier alpha value is -0.380. The summed E-state index contributed by atoms with van der Waals surface area (Å²) in [5, 5.41) is 11.7. The van der Waals surface area contributed by atoms with E-state index in [0.717, 1.165) is 24.5 Å². The van der Waals surface area contributed by atoms with E-state index in [2.05, 4.69) is 53.0 Å². The number of hydrogen-bond donors (Lipinski definition) is 1. The largest absolute Gasteiger partial charge is 0.385 e. The molecule has 3 heteroatoms. The SMILES string of the molecule is C=C(C)[C@@H]1CN2[C@@H](O[C@@H]3C[C@H](C)CC[C@H]3C2(C)C)[C@@]1(O)C(C)C. The minimum Gasteiger partial charge on any atom is -0.385 e. The summed E-state index contributed by atoms with van der Waals surface area (Å²) in [6, 6.07) is 0. The van der Waals surface area contributed by atoms with Gasteiger partial charge in [-0.1, -0.05) is 39.3 Å². The molecule has 1 N–H and O–H groups in total. The molecule has 132 valence electrons. The molecular weight excluding hydrogens is 286 g/mol. The molecule has 0 radical (unpaired) electrons. The molecule has 3 nitrogen and oxygen atoms in total. The first-order valence-corrected chi connectivity index (χ1v) is 9.40. The first kappa shape index (κ1) is 17.4. The quantitative estimate of drug-likeness (QED) is 0.785. The van der Waals surface area contributed by atoms with Crippen LogP contribution in [0.5, 0.6) is 0 Å². The Labute approximate surface area is 142 Å². The van der Waals surface area contributed by atoms with E-state index in [1.54, 1.807) is 0 Å². The number of ether oxygens (including phenoxy) is 1. The van der Waals surface area contributed by atoms with Gasteiger partial charge in [0.2, 0.25) is 0 Å². The Morgan fingerprint density at radius 3 is 2.52 bits per heavy atom. The van der Waals surface area contributed by atoms with Crippen LogP contribution >= 0.6 is 0 Å². The van der Waals surface area contributed by atoms with Crippen molar-refractivity contribution in [2.24, 2.45) is 23.7 Å². The zero-order valence-electron chi connectivity index (χ0n) is 15.8. The number of nitrogens with zero attached hydrogens (tertiary/aromatic N) is 1. The van der Waals surface area contributed by atoms with Gasteiger partial charge >= 0.3 is 0 Å². The lowest BCUT2D eigenvalue weighted by Crippen LogP contribution is -2.66. The van der Waals surface area contributed by atoms with E-state index < -0.39 is 5.60 Å². The Morgan fingerprint density at radius 2 is 1.96 bits per heavy atom. The fraction of sp³-hybridized carbons (Fsp3) is 0.900. The summed E-state index contributed by atoms with van der Waals surface area (Å²) in [5.41, 5.74) is 0.307. The van der Waals surface area contributed by atoms with Crippen molar-refractivity contribution < 1.29 is 9.84 Å². The maximum Gasteiger partial charge on any atom is 0.141 e. The Morgan fingerprint density at radius 1 is 1.30 bits per heavy atom. The van der Waals surface area contributed by atoms with Crippen molar-refractivity contribution in [1.82, 2.24) is 4.90 Å². The highest BCUT2D eigenvalue weighted by Gasteiger charge is 2.64. The Balaban J connectivity index is 2.00. The third-order valence-corrected chi connectivity index (χ3v) is 7.14. The predicted octanol–water partition coefficient (Wildman–Crippen LogP) is 3.82. The zero-order chi connectivity index (χ0) is 17.2. The maximum atomic E-state index is 11.7. The van der Waals surface area contributed by atoms with Crippen molar-refractivity contribution >= 4 is 0 Å². The lowest BCUT2D eigenvalue weighted by atomic mass is 9.69. The lowest BCUT2D eigenvalue weighted by molar-refractivity contribution is -0.268. The normalized spacial score (nSPS) is 46.5. The smallest absolute Gasteiger partial charge is 0.141 e. The van der Waals surface area contributed by atoms with E-state index in [-0.39, 0.29) is 29.7 Å². The van der Waals surface area contributed by atoms with Crippen molar-refractivity contribution in [3.8, 4) is 0 Å². The summed E-state index contributed by atoms with van der Waals surface area (Å²) in [6.07, 6.45) is 3.74. The summed E-state index contributed by atoms with van der Waals surface area (Å²) in [4.78, 5) is 2.45. The number of hydrogen-bond acceptors (Lipinski definition) is 3. The second kappa shape index (κ2) is 5.57. The average molecular weight is 322 g/mol. The van der Waals surface area contributed by atoms with Crippen molar-refractivity contribution in [3.05, 3.63) is 12.2 Å². The molecule has 0 aromatic heterocycles. The van der Waals surface area contributed by atoms with E-state index in [9.17, 15) is 5.11 Å². The second-order valence-corrected chi connectivity index (χ2v) is 9.30. The van der Waals surface area contributed by atoms with Gasteiger partial charge in [0.15, 0.2) is 0 Å². The molecular formula is C20H35NO2. The molecule has 3 rings (SSSR count). The summed E-state index contributed by atoms with van der Waals surface area (Å²) >= 11 is 0. The van der Waals surface area contributed by atoms with Crippen molar-refractivity contribution in [1.29, 1.82) is 0 Å². The van der Waals surface area contributed by atoms with Crippen LogP contribution in [0.15, 0.2) is 12.2 Å². The zero-order valence-corrected chi connectivity index (χ0v) is 15.8. The molecule has 0 unspecified atom stereocenters. The summed E-state index contributed by atoms with van der Waals surface area (Å²) in [5.74, 6) is 1.52. The molecule has 1 saturated carbocycles. The highest BCUT2D eigenvalue weighted by atomic mass is 16.5. The van der Waals surface area contributed by atoms with E-state index in [1.165, 1.54) is 12.8 Å². The molecule has 3 fully saturated rings. The van der Waals surface area contributed by atoms with Crippen LogP contribution in [0.4, 0.5) is 0 Å². The van der Waals surface area contributed by atoms with Gasteiger partial charge in [-0.3, -0.25) is 4.90 Å². The predicted molar refractivity (Wildman–Crippen MR) is 94.0 cm³/mol. The molecule has 2 saturated heterocycles. The molecule has 2 heterocycles. The van der Waals surface area contributed by atoms with Gasteiger partial charge in [-0.15, -0.1) is 0 Å². The molecule has 0 spiro atoms. The van der Waals surface area contributed by atoms with Crippen LogP contribution in [-0.4, -0.2) is 40.0 Å². The van der Waals surface area contributed by atoms with Gasteiger partial charge in [0.25, 0.3) is 0 Å². The summed E-state index contributed by atoms with van der Waals surface area (Å²) in [7, 11) is 0. The van der Waals surface area contributed by atoms with E-state index in [1.807, 2.05) is 0 Å². The number of rotatable bonds is 2. The summed E-state index contributed by atoms with van der Waals surface area (Å²) in [6.45, 7) is 18.4. The van der Waals surface area contributed by atoms with Gasteiger partial charge in [-0.05, 0) is 45.4 Å². The third kappa shape index (κ3) is 2.42. The van der Waals surface area contributed by atoms with Gasteiger partial charge in [0, 0.05) is 23.9 Å². The van der Waals surface area contributed by atoms with Crippen LogP contribution in [-0.2, 0) is 4.74 Å². The minimum absolute atomic E-state index is 0.0702. The first-order chi connectivity index (χ1) is 10.6. The van der Waals surface area contributed by atoms with E-state index in [0.29, 0.717) is 5.92 Å². The molecule has 0 aromatic carbocycles. The minimum atomic E-state index is -0.839. The Bertz CT molecular complexity index is 486. The highest BCUT2D eigenvalue weighted by molar-refractivity contribution is 5.19. The van der Waals surface area contributed by atoms with Crippen molar-refractivity contribution in [2.45, 2.75) is 84.3 Å². The first-order valence-electron chi connectivity index (χ1n) is 9.40. The summed E-state index contributed by atoms with van der Waals surface area (Å²) < 4.78 is 6.61. The molecule has 1 aliphatic carbocycles. The van der Waals surface area contributed by atoms with E-state index >= 15 is 0 Å². The van der Waals surface area contributed by atoms with Gasteiger partial charge in [-0.25, -0.2) is 0 Å². The van der Waals surface area contributed by atoms with E-state index in [4.69, 9.17) is 4.74 Å². The van der Waals surface area contributed by atoms with Crippen LogP contribution in [0.3, 0.4) is 0 Å². The molecule has 3 aliphatic rings. The van der Waals surface area contributed by atoms with Crippen LogP contribution in [0.2, 0.25) is 0 Å². The third-order valence-electron chi connectivity index (χ3n) is 7.14. The highest BCUT2D eigenvalue weighted by Crippen LogP contribution is 2.53. The Kier molecular flexibility index (Phi) is 4.23. The van der Waals surface area contributed by atoms with Crippen molar-refractivity contribution in [3.63, 3.8) is 0 Å². The van der Waals surface area contributed by atoms with Crippen LogP contribution in [0.25, 0.3) is 0 Å². The fourth-order valence-electron chi connectivity index (χ4n) is 5.48. The average Bonchev–Trinajstić information content (AvgIpc) is 2.74. The maximum absolute atomic E-state index is 11.7. The van der Waals surface area contributed by atoms with Crippen LogP contribution in [0.1, 0.15) is 60.8 Å². The molecule has 0 aromatic rings. The van der Waals surface area contributed by atoms with Crippen molar-refractivity contribution in [2.75, 3.05) is 6.54 Å². The number of aliphatic hydroxyl groups is 1. The van der Waals surface area contributed by atoms with Gasteiger partial charge < -0.3 is 9.84 Å². The van der Waals surface area contributed by atoms with Gasteiger partial charge in [0.05, 0.1) is 6.10 Å². The molecule has 6 atom stereocenters. The molecule has 0 bridgehead atoms.